The van der Waals surface area contributed by atoms with Crippen LogP contribution in [-0.2, 0) is 6.18 Å². The molecule has 152 valence electrons. The van der Waals surface area contributed by atoms with Gasteiger partial charge in [0.25, 0.3) is 5.91 Å². The number of nitrogens with zero attached hydrogens (tertiary/aromatic N) is 5. The number of amides is 1. The number of nitrogens with one attached hydrogen (secondary N) is 1. The first-order valence-corrected chi connectivity index (χ1v) is 8.87. The Bertz CT molecular complexity index is 1240. The van der Waals surface area contributed by atoms with E-state index in [2.05, 4.69) is 25.6 Å². The average molecular weight is 412 g/mol. The second-order valence-corrected chi connectivity index (χ2v) is 6.72. The summed E-state index contributed by atoms with van der Waals surface area (Å²) in [6.07, 6.45) is -4.49. The Kier molecular flexibility index (Phi) is 4.69. The Morgan fingerprint density at radius 1 is 1.03 bits per heavy atom. The SMILES string of the molecule is Cc1cc(C)nc(NC(=O)c2ccc3nnc(-c4cccc(C(F)(F)F)c4)n3n2)c1. The van der Waals surface area contributed by atoms with Crippen molar-refractivity contribution in [3.63, 3.8) is 0 Å². The molecular formula is C20H15F3N6O. The van der Waals surface area contributed by atoms with Crippen LogP contribution in [0.15, 0.2) is 48.5 Å². The molecule has 7 nitrogen and oxygen atoms in total. The number of carbonyl (C=O) groups is 1. The highest BCUT2D eigenvalue weighted by Crippen LogP contribution is 2.31. The number of alkyl halides is 3. The smallest absolute Gasteiger partial charge is 0.305 e. The Hall–Kier alpha value is -3.82. The van der Waals surface area contributed by atoms with Crippen molar-refractivity contribution >= 4 is 17.4 Å². The molecule has 0 radical (unpaired) electrons. The molecule has 0 fully saturated rings. The molecule has 0 unspecified atom stereocenters. The lowest BCUT2D eigenvalue weighted by Crippen LogP contribution is -2.16. The van der Waals surface area contributed by atoms with Crippen LogP contribution in [0.5, 0.6) is 0 Å². The van der Waals surface area contributed by atoms with Crippen LogP contribution in [0.1, 0.15) is 27.3 Å². The molecule has 0 aliphatic rings. The first kappa shape index (κ1) is 19.5. The molecule has 1 aromatic carbocycles. The van der Waals surface area contributed by atoms with E-state index in [-0.39, 0.29) is 17.1 Å². The second kappa shape index (κ2) is 7.21. The molecule has 0 spiro atoms. The van der Waals surface area contributed by atoms with E-state index in [1.165, 1.54) is 28.8 Å². The third-order valence-electron chi connectivity index (χ3n) is 4.28. The van der Waals surface area contributed by atoms with E-state index < -0.39 is 17.6 Å². The highest BCUT2D eigenvalue weighted by Gasteiger charge is 2.30. The molecule has 0 saturated carbocycles. The third kappa shape index (κ3) is 3.84. The number of pyridine rings is 1. The number of halogens is 3. The van der Waals surface area contributed by atoms with E-state index in [0.717, 1.165) is 23.4 Å². The van der Waals surface area contributed by atoms with Crippen molar-refractivity contribution in [2.45, 2.75) is 20.0 Å². The zero-order valence-corrected chi connectivity index (χ0v) is 15.9. The van der Waals surface area contributed by atoms with Crippen molar-refractivity contribution in [3.8, 4) is 11.4 Å². The Morgan fingerprint density at radius 3 is 2.57 bits per heavy atom. The zero-order chi connectivity index (χ0) is 21.5. The fourth-order valence-electron chi connectivity index (χ4n) is 3.01. The summed E-state index contributed by atoms with van der Waals surface area (Å²) in [4.78, 5) is 16.9. The fourth-order valence-corrected chi connectivity index (χ4v) is 3.01. The number of benzene rings is 1. The van der Waals surface area contributed by atoms with Gasteiger partial charge in [-0.1, -0.05) is 12.1 Å². The molecule has 4 aromatic rings. The lowest BCUT2D eigenvalue weighted by atomic mass is 10.1. The van der Waals surface area contributed by atoms with E-state index in [0.29, 0.717) is 11.5 Å². The zero-order valence-electron chi connectivity index (χ0n) is 15.9. The van der Waals surface area contributed by atoms with Crippen molar-refractivity contribution in [2.24, 2.45) is 0 Å². The quantitative estimate of drug-likeness (QED) is 0.548. The van der Waals surface area contributed by atoms with Crippen LogP contribution in [0.2, 0.25) is 0 Å². The van der Waals surface area contributed by atoms with Gasteiger partial charge in [0.15, 0.2) is 11.5 Å². The van der Waals surface area contributed by atoms with Crippen LogP contribution in [0.25, 0.3) is 17.0 Å². The highest BCUT2D eigenvalue weighted by molar-refractivity contribution is 6.02. The van der Waals surface area contributed by atoms with Gasteiger partial charge in [0.05, 0.1) is 5.56 Å². The summed E-state index contributed by atoms with van der Waals surface area (Å²) in [5.41, 5.74) is 1.39. The van der Waals surface area contributed by atoms with Gasteiger partial charge in [0.2, 0.25) is 0 Å². The molecule has 0 bridgehead atoms. The summed E-state index contributed by atoms with van der Waals surface area (Å²) in [6.45, 7) is 3.69. The minimum Gasteiger partial charge on any atom is -0.305 e. The predicted octanol–water partition coefficient (Wildman–Crippen LogP) is 4.07. The van der Waals surface area contributed by atoms with Crippen LogP contribution < -0.4 is 5.32 Å². The first-order chi connectivity index (χ1) is 14.2. The Morgan fingerprint density at radius 2 is 1.83 bits per heavy atom. The molecule has 0 aliphatic heterocycles. The molecule has 4 rings (SSSR count). The summed E-state index contributed by atoms with van der Waals surface area (Å²) >= 11 is 0. The van der Waals surface area contributed by atoms with Crippen LogP contribution >= 0.6 is 0 Å². The van der Waals surface area contributed by atoms with E-state index >= 15 is 0 Å². The van der Waals surface area contributed by atoms with Crippen molar-refractivity contribution < 1.29 is 18.0 Å². The normalized spacial score (nSPS) is 11.6. The summed E-state index contributed by atoms with van der Waals surface area (Å²) in [7, 11) is 0. The van der Waals surface area contributed by atoms with Gasteiger partial charge in [-0.2, -0.15) is 22.8 Å². The minimum absolute atomic E-state index is 0.0384. The van der Waals surface area contributed by atoms with Crippen LogP contribution in [-0.4, -0.2) is 30.7 Å². The number of aryl methyl sites for hydroxylation is 2. The lowest BCUT2D eigenvalue weighted by Gasteiger charge is -2.08. The monoisotopic (exact) mass is 412 g/mol. The Labute approximate surface area is 168 Å². The standard InChI is InChI=1S/C20H15F3N6O/c1-11-8-12(2)24-16(9-11)25-19(30)15-6-7-17-26-27-18(29(17)28-15)13-4-3-5-14(10-13)20(21,22)23/h3-10H,1-2H3,(H,24,25,30). The van der Waals surface area contributed by atoms with Gasteiger partial charge in [-0.15, -0.1) is 10.2 Å². The van der Waals surface area contributed by atoms with Crippen molar-refractivity contribution in [1.82, 2.24) is 24.8 Å². The van der Waals surface area contributed by atoms with Crippen LogP contribution in [0.3, 0.4) is 0 Å². The first-order valence-electron chi connectivity index (χ1n) is 8.87. The van der Waals surface area contributed by atoms with Crippen molar-refractivity contribution in [2.75, 3.05) is 5.32 Å². The van der Waals surface area contributed by atoms with Gasteiger partial charge in [-0.05, 0) is 55.8 Å². The maximum absolute atomic E-state index is 13.0. The average Bonchev–Trinajstić information content (AvgIpc) is 3.10. The highest BCUT2D eigenvalue weighted by atomic mass is 19.4. The fraction of sp³-hybridized carbons (Fsp3) is 0.150. The maximum atomic E-state index is 13.0. The number of fused-ring (bicyclic) bond motifs is 1. The number of anilines is 1. The molecule has 0 atom stereocenters. The molecule has 1 amide bonds. The molecule has 3 aromatic heterocycles. The number of rotatable bonds is 3. The van der Waals surface area contributed by atoms with Gasteiger partial charge in [0.1, 0.15) is 11.5 Å². The molecule has 0 aliphatic carbocycles. The summed E-state index contributed by atoms with van der Waals surface area (Å²) < 4.78 is 40.4. The second-order valence-electron chi connectivity index (χ2n) is 6.72. The van der Waals surface area contributed by atoms with Gasteiger partial charge in [-0.25, -0.2) is 4.98 Å². The van der Waals surface area contributed by atoms with Gasteiger partial charge in [-0.3, -0.25) is 4.79 Å². The topological polar surface area (TPSA) is 85.1 Å². The predicted molar refractivity (Wildman–Crippen MR) is 103 cm³/mol. The summed E-state index contributed by atoms with van der Waals surface area (Å²) in [5, 5.41) is 14.7. The Balaban J connectivity index is 1.70. The number of carbonyl (C=O) groups excluding carboxylic acids is 1. The van der Waals surface area contributed by atoms with Crippen molar-refractivity contribution in [1.29, 1.82) is 0 Å². The van der Waals surface area contributed by atoms with E-state index in [1.54, 1.807) is 6.07 Å². The minimum atomic E-state index is -4.49. The summed E-state index contributed by atoms with van der Waals surface area (Å²) in [5.74, 6) is -0.0466. The number of aromatic nitrogens is 5. The largest absolute Gasteiger partial charge is 0.416 e. The van der Waals surface area contributed by atoms with Gasteiger partial charge in [0, 0.05) is 11.3 Å². The van der Waals surface area contributed by atoms with E-state index in [9.17, 15) is 18.0 Å². The van der Waals surface area contributed by atoms with Crippen LogP contribution in [0, 0.1) is 13.8 Å². The molecule has 10 heteroatoms. The maximum Gasteiger partial charge on any atom is 0.416 e. The molecular weight excluding hydrogens is 397 g/mol. The molecule has 3 heterocycles. The number of hydrogen-bond donors (Lipinski definition) is 1. The van der Waals surface area contributed by atoms with Gasteiger partial charge >= 0.3 is 6.18 Å². The molecule has 30 heavy (non-hydrogen) atoms. The van der Waals surface area contributed by atoms with Crippen LogP contribution in [0.4, 0.5) is 19.0 Å². The number of hydrogen-bond acceptors (Lipinski definition) is 5. The lowest BCUT2D eigenvalue weighted by molar-refractivity contribution is -0.137. The third-order valence-corrected chi connectivity index (χ3v) is 4.28. The van der Waals surface area contributed by atoms with E-state index in [1.807, 2.05) is 19.9 Å². The molecule has 1 N–H and O–H groups in total. The van der Waals surface area contributed by atoms with Gasteiger partial charge < -0.3 is 5.32 Å². The van der Waals surface area contributed by atoms with E-state index in [4.69, 9.17) is 0 Å². The molecule has 0 saturated heterocycles. The summed E-state index contributed by atoms with van der Waals surface area (Å²) in [6, 6.07) is 11.2. The van der Waals surface area contributed by atoms with Crippen molar-refractivity contribution in [3.05, 3.63) is 71.0 Å².